The number of benzene rings is 3. The van der Waals surface area contributed by atoms with E-state index in [4.69, 9.17) is 9.47 Å². The Morgan fingerprint density at radius 3 is 2.03 bits per heavy atom. The summed E-state index contributed by atoms with van der Waals surface area (Å²) >= 11 is 0. The first kappa shape index (κ1) is 28.4. The van der Waals surface area contributed by atoms with Crippen LogP contribution < -0.4 is 0 Å². The van der Waals surface area contributed by atoms with Crippen LogP contribution in [-0.2, 0) is 34.0 Å². The lowest BCUT2D eigenvalue weighted by molar-refractivity contribution is -0.126. The number of hydrogen-bond acceptors (Lipinski definition) is 4. The van der Waals surface area contributed by atoms with Crippen molar-refractivity contribution < 1.29 is 19.1 Å². The first-order valence-electron chi connectivity index (χ1n) is 12.6. The molecule has 0 atom stereocenters. The van der Waals surface area contributed by atoms with Gasteiger partial charge in [-0.2, -0.15) is 0 Å². The Bertz CT molecular complexity index is 1250. The van der Waals surface area contributed by atoms with Crippen LogP contribution in [0.1, 0.15) is 40.4 Å². The number of nitrogens with zero attached hydrogens (tertiary/aromatic N) is 1. The van der Waals surface area contributed by atoms with Gasteiger partial charge in [0.2, 0.25) is 0 Å². The lowest BCUT2D eigenvalue weighted by Gasteiger charge is -2.21. The molecule has 196 valence electrons. The van der Waals surface area contributed by atoms with Crippen LogP contribution in [0.15, 0.2) is 121 Å². The number of aldehydes is 1. The minimum atomic E-state index is -0.173. The summed E-state index contributed by atoms with van der Waals surface area (Å²) in [5.74, 6) is 0.296. The van der Waals surface area contributed by atoms with Gasteiger partial charge in [-0.1, -0.05) is 103 Å². The van der Waals surface area contributed by atoms with Gasteiger partial charge in [0.05, 0.1) is 18.8 Å². The van der Waals surface area contributed by atoms with Gasteiger partial charge >= 0.3 is 0 Å². The standard InChI is InChI=1S/C33H35NO4/c1-26(2)14-19-31(33(36)34(3)22-27-15-17-28(23-35)18-16-27)32(38-25-30-12-8-5-9-13-30)20-21-37-24-29-10-6-4-7-11-29/h4-13,15-20,23H,1,14,21-22,24-25H2,2-3H3. The molecular formula is C33H35NO4. The normalized spacial score (nSPS) is 11.6. The number of ether oxygens (including phenoxy) is 2. The fourth-order valence-electron chi connectivity index (χ4n) is 3.69. The summed E-state index contributed by atoms with van der Waals surface area (Å²) in [6, 6.07) is 27.0. The molecule has 1 amide bonds. The largest absolute Gasteiger partial charge is 0.488 e. The molecule has 0 aliphatic carbocycles. The van der Waals surface area contributed by atoms with Crippen molar-refractivity contribution >= 4 is 12.2 Å². The monoisotopic (exact) mass is 509 g/mol. The second-order valence-electron chi connectivity index (χ2n) is 9.14. The Kier molecular flexibility index (Phi) is 11.3. The van der Waals surface area contributed by atoms with Gasteiger partial charge in [0.25, 0.3) is 5.91 Å². The Labute approximate surface area is 225 Å². The number of carbonyl (C=O) groups excluding carboxylic acids is 2. The zero-order valence-corrected chi connectivity index (χ0v) is 22.1. The van der Waals surface area contributed by atoms with E-state index in [0.29, 0.717) is 43.1 Å². The summed E-state index contributed by atoms with van der Waals surface area (Å²) in [5, 5.41) is 0. The number of amides is 1. The summed E-state index contributed by atoms with van der Waals surface area (Å²) in [6.07, 6.45) is 5.03. The molecule has 3 aromatic rings. The molecule has 0 unspecified atom stereocenters. The maximum absolute atomic E-state index is 13.7. The zero-order chi connectivity index (χ0) is 27.2. The van der Waals surface area contributed by atoms with Gasteiger partial charge in [-0.3, -0.25) is 9.59 Å². The van der Waals surface area contributed by atoms with Crippen LogP contribution >= 0.6 is 0 Å². The third-order valence-corrected chi connectivity index (χ3v) is 5.77. The highest BCUT2D eigenvalue weighted by atomic mass is 16.5. The summed E-state index contributed by atoms with van der Waals surface area (Å²) in [6.45, 7) is 7.37. The fourth-order valence-corrected chi connectivity index (χ4v) is 3.69. The molecule has 0 N–H and O–H groups in total. The third-order valence-electron chi connectivity index (χ3n) is 5.77. The van der Waals surface area contributed by atoms with Crippen LogP contribution in [0.5, 0.6) is 0 Å². The van der Waals surface area contributed by atoms with E-state index in [0.717, 1.165) is 28.5 Å². The van der Waals surface area contributed by atoms with Crippen LogP contribution in [0.4, 0.5) is 0 Å². The predicted molar refractivity (Wildman–Crippen MR) is 151 cm³/mol. The molecular weight excluding hydrogens is 474 g/mol. The van der Waals surface area contributed by atoms with Crippen molar-refractivity contribution in [3.05, 3.63) is 143 Å². The molecule has 0 spiro atoms. The average Bonchev–Trinajstić information content (AvgIpc) is 2.94. The maximum Gasteiger partial charge on any atom is 0.257 e. The topological polar surface area (TPSA) is 55.8 Å². The van der Waals surface area contributed by atoms with Crippen LogP contribution in [0.3, 0.4) is 0 Å². The lowest BCUT2D eigenvalue weighted by atomic mass is 10.1. The Morgan fingerprint density at radius 2 is 1.45 bits per heavy atom. The lowest BCUT2D eigenvalue weighted by Crippen LogP contribution is -2.29. The first-order chi connectivity index (χ1) is 18.5. The van der Waals surface area contributed by atoms with E-state index in [-0.39, 0.29) is 12.5 Å². The SMILES string of the molecule is C=C(C)CC=C(C(=O)N(C)Cc1ccc(C=O)cc1)C(=CCOCc1ccccc1)OCc1ccccc1. The van der Waals surface area contributed by atoms with Gasteiger partial charge < -0.3 is 14.4 Å². The second kappa shape index (κ2) is 15.1. The van der Waals surface area contributed by atoms with E-state index in [1.54, 1.807) is 24.1 Å². The predicted octanol–water partition coefficient (Wildman–Crippen LogP) is 6.67. The first-order valence-corrected chi connectivity index (χ1v) is 12.6. The summed E-state index contributed by atoms with van der Waals surface area (Å²) in [4.78, 5) is 26.3. The Balaban J connectivity index is 1.82. The van der Waals surface area contributed by atoms with Crippen molar-refractivity contribution in [2.75, 3.05) is 13.7 Å². The molecule has 5 nitrogen and oxygen atoms in total. The van der Waals surface area contributed by atoms with E-state index < -0.39 is 0 Å². The molecule has 38 heavy (non-hydrogen) atoms. The molecule has 5 heteroatoms. The average molecular weight is 510 g/mol. The van der Waals surface area contributed by atoms with Crippen molar-refractivity contribution in [1.29, 1.82) is 0 Å². The number of allylic oxidation sites excluding steroid dienone is 2. The van der Waals surface area contributed by atoms with Gasteiger partial charge in [0.15, 0.2) is 0 Å². The third kappa shape index (κ3) is 9.34. The molecule has 3 rings (SSSR count). The maximum atomic E-state index is 13.7. The Morgan fingerprint density at radius 1 is 0.842 bits per heavy atom. The van der Waals surface area contributed by atoms with Gasteiger partial charge in [0, 0.05) is 19.2 Å². The van der Waals surface area contributed by atoms with Crippen LogP contribution in [0.2, 0.25) is 0 Å². The van der Waals surface area contributed by atoms with Crippen molar-refractivity contribution in [3.63, 3.8) is 0 Å². The quantitative estimate of drug-likeness (QED) is 0.0608. The van der Waals surface area contributed by atoms with Crippen LogP contribution in [-0.4, -0.2) is 30.7 Å². The summed E-state index contributed by atoms with van der Waals surface area (Å²) in [5.41, 5.74) is 4.98. The molecule has 0 radical (unpaired) electrons. The molecule has 0 aromatic heterocycles. The number of likely N-dealkylation sites (N-methyl/N-ethyl adjacent to an activating group) is 1. The van der Waals surface area contributed by atoms with Gasteiger partial charge in [-0.25, -0.2) is 0 Å². The summed E-state index contributed by atoms with van der Waals surface area (Å²) < 4.78 is 12.1. The van der Waals surface area contributed by atoms with E-state index >= 15 is 0 Å². The molecule has 0 fully saturated rings. The van der Waals surface area contributed by atoms with Crippen molar-refractivity contribution in [2.45, 2.75) is 33.1 Å². The molecule has 3 aromatic carbocycles. The number of rotatable bonds is 14. The van der Waals surface area contributed by atoms with Crippen molar-refractivity contribution in [2.24, 2.45) is 0 Å². The highest BCUT2D eigenvalue weighted by Crippen LogP contribution is 2.20. The Hall–Kier alpha value is -4.22. The van der Waals surface area contributed by atoms with Gasteiger partial charge in [-0.05, 0) is 36.1 Å². The molecule has 0 bridgehead atoms. The van der Waals surface area contributed by atoms with Crippen LogP contribution in [0.25, 0.3) is 0 Å². The van der Waals surface area contributed by atoms with E-state index in [2.05, 4.69) is 6.58 Å². The second-order valence-corrected chi connectivity index (χ2v) is 9.14. The minimum absolute atomic E-state index is 0.173. The van der Waals surface area contributed by atoms with Crippen molar-refractivity contribution in [3.8, 4) is 0 Å². The zero-order valence-electron chi connectivity index (χ0n) is 22.1. The van der Waals surface area contributed by atoms with Gasteiger partial charge in [-0.15, -0.1) is 0 Å². The van der Waals surface area contributed by atoms with E-state index in [9.17, 15) is 9.59 Å². The smallest absolute Gasteiger partial charge is 0.257 e. The fraction of sp³-hybridized carbons (Fsp3) is 0.212. The highest BCUT2D eigenvalue weighted by Gasteiger charge is 2.20. The minimum Gasteiger partial charge on any atom is -0.488 e. The van der Waals surface area contributed by atoms with Crippen LogP contribution in [0, 0.1) is 0 Å². The molecule has 0 heterocycles. The highest BCUT2D eigenvalue weighted by molar-refractivity contribution is 5.97. The van der Waals surface area contributed by atoms with Gasteiger partial charge in [0.1, 0.15) is 18.7 Å². The van der Waals surface area contributed by atoms with E-state index in [1.165, 1.54) is 0 Å². The number of hydrogen-bond donors (Lipinski definition) is 0. The summed E-state index contributed by atoms with van der Waals surface area (Å²) in [7, 11) is 1.76. The number of carbonyl (C=O) groups is 2. The molecule has 0 saturated carbocycles. The van der Waals surface area contributed by atoms with E-state index in [1.807, 2.05) is 91.9 Å². The molecule has 0 aliphatic rings. The molecule has 0 saturated heterocycles. The molecule has 0 aliphatic heterocycles. The van der Waals surface area contributed by atoms with Crippen molar-refractivity contribution in [1.82, 2.24) is 4.90 Å².